The Morgan fingerprint density at radius 2 is 2.30 bits per heavy atom. The lowest BCUT2D eigenvalue weighted by Crippen LogP contribution is -2.25. The number of Topliss-reactive ketones (excluding diaryl/α,β-unsaturated/α-hetero) is 1. The molecule has 0 saturated carbocycles. The minimum atomic E-state index is -0.538. The largest absolute Gasteiger partial charge is 0.484 e. The maximum absolute atomic E-state index is 11.3. The van der Waals surface area contributed by atoms with Gasteiger partial charge in [-0.1, -0.05) is 0 Å². The van der Waals surface area contributed by atoms with Crippen LogP contribution in [0.15, 0.2) is 18.2 Å². The molecule has 0 bridgehead atoms. The first-order valence-corrected chi connectivity index (χ1v) is 6.61. The number of ether oxygens (including phenoxy) is 2. The average molecular weight is 279 g/mol. The Labute approximate surface area is 116 Å². The monoisotopic (exact) mass is 279 g/mol. The Kier molecular flexibility index (Phi) is 4.68. The van der Waals surface area contributed by atoms with E-state index in [4.69, 9.17) is 9.47 Å². The summed E-state index contributed by atoms with van der Waals surface area (Å²) in [6.45, 7) is 2.37. The molecule has 108 valence electrons. The Morgan fingerprint density at radius 1 is 1.50 bits per heavy atom. The quantitative estimate of drug-likeness (QED) is 0.470. The van der Waals surface area contributed by atoms with Crippen LogP contribution in [0.2, 0.25) is 0 Å². The molecule has 20 heavy (non-hydrogen) atoms. The van der Waals surface area contributed by atoms with Crippen LogP contribution in [0, 0.1) is 10.1 Å². The Hall–Kier alpha value is -1.95. The van der Waals surface area contributed by atoms with Gasteiger partial charge in [-0.25, -0.2) is 0 Å². The number of nitro groups is 1. The molecule has 1 aromatic carbocycles. The molecule has 1 aliphatic rings. The van der Waals surface area contributed by atoms with E-state index in [0.29, 0.717) is 18.8 Å². The molecule has 0 N–H and O–H groups in total. The van der Waals surface area contributed by atoms with Crippen LogP contribution in [0.1, 0.15) is 36.5 Å². The SMILES string of the molecule is CC(=O)c1ccc(OCC2CCCCO2)c([N+](=O)[O-])c1. The smallest absolute Gasteiger partial charge is 0.311 e. The van der Waals surface area contributed by atoms with Gasteiger partial charge in [0.2, 0.25) is 0 Å². The van der Waals surface area contributed by atoms with Crippen LogP contribution < -0.4 is 4.74 Å². The number of hydrogen-bond donors (Lipinski definition) is 0. The van der Waals surface area contributed by atoms with Gasteiger partial charge in [0.15, 0.2) is 11.5 Å². The van der Waals surface area contributed by atoms with Crippen LogP contribution in [0.3, 0.4) is 0 Å². The van der Waals surface area contributed by atoms with Crippen LogP contribution in [0.25, 0.3) is 0 Å². The van der Waals surface area contributed by atoms with Crippen LogP contribution in [0.5, 0.6) is 5.75 Å². The third-order valence-corrected chi connectivity index (χ3v) is 3.26. The van der Waals surface area contributed by atoms with Crippen molar-refractivity contribution in [2.45, 2.75) is 32.3 Å². The van der Waals surface area contributed by atoms with Crippen molar-refractivity contribution in [1.82, 2.24) is 0 Å². The van der Waals surface area contributed by atoms with Crippen molar-refractivity contribution in [1.29, 1.82) is 0 Å². The van der Waals surface area contributed by atoms with E-state index in [-0.39, 0.29) is 23.3 Å². The van der Waals surface area contributed by atoms with Gasteiger partial charge >= 0.3 is 5.69 Å². The number of benzene rings is 1. The normalized spacial score (nSPS) is 18.6. The standard InChI is InChI=1S/C14H17NO5/c1-10(16)11-5-6-14(13(8-11)15(17)18)20-9-12-4-2-3-7-19-12/h5-6,8,12H,2-4,7,9H2,1H3. The number of ketones is 1. The maximum atomic E-state index is 11.3. The van der Waals surface area contributed by atoms with E-state index in [9.17, 15) is 14.9 Å². The number of hydrogen-bond acceptors (Lipinski definition) is 5. The van der Waals surface area contributed by atoms with Gasteiger partial charge in [0.1, 0.15) is 6.61 Å². The molecule has 6 heteroatoms. The van der Waals surface area contributed by atoms with Gasteiger partial charge in [0.25, 0.3) is 0 Å². The summed E-state index contributed by atoms with van der Waals surface area (Å²) >= 11 is 0. The van der Waals surface area contributed by atoms with E-state index in [1.165, 1.54) is 25.1 Å². The highest BCUT2D eigenvalue weighted by Gasteiger charge is 2.20. The second-order valence-corrected chi connectivity index (χ2v) is 4.80. The molecular formula is C14H17NO5. The number of carbonyl (C=O) groups is 1. The summed E-state index contributed by atoms with van der Waals surface area (Å²) in [7, 11) is 0. The molecule has 1 saturated heterocycles. The first-order valence-electron chi connectivity index (χ1n) is 6.61. The number of rotatable bonds is 5. The molecule has 0 amide bonds. The van der Waals surface area contributed by atoms with E-state index in [1.54, 1.807) is 0 Å². The van der Waals surface area contributed by atoms with Gasteiger partial charge in [-0.05, 0) is 38.3 Å². The lowest BCUT2D eigenvalue weighted by Gasteiger charge is -2.22. The highest BCUT2D eigenvalue weighted by molar-refractivity contribution is 5.95. The molecule has 1 atom stereocenters. The molecule has 2 rings (SSSR count). The number of nitro benzene ring substituents is 1. The molecule has 0 aromatic heterocycles. The van der Waals surface area contributed by atoms with Crippen LogP contribution in [-0.4, -0.2) is 30.0 Å². The Bertz CT molecular complexity index is 508. The number of carbonyl (C=O) groups excluding carboxylic acids is 1. The molecule has 0 aliphatic carbocycles. The molecule has 1 aliphatic heterocycles. The zero-order valence-corrected chi connectivity index (χ0v) is 11.3. The molecule has 1 heterocycles. The fourth-order valence-corrected chi connectivity index (χ4v) is 2.12. The fraction of sp³-hybridized carbons (Fsp3) is 0.500. The predicted octanol–water partition coefficient (Wildman–Crippen LogP) is 2.75. The summed E-state index contributed by atoms with van der Waals surface area (Å²) in [6, 6.07) is 4.25. The van der Waals surface area contributed by atoms with Gasteiger partial charge in [0.05, 0.1) is 11.0 Å². The van der Waals surface area contributed by atoms with Crippen molar-refractivity contribution in [3.63, 3.8) is 0 Å². The van der Waals surface area contributed by atoms with Crippen molar-refractivity contribution >= 4 is 11.5 Å². The highest BCUT2D eigenvalue weighted by Crippen LogP contribution is 2.29. The minimum Gasteiger partial charge on any atom is -0.484 e. The molecule has 0 radical (unpaired) electrons. The van der Waals surface area contributed by atoms with E-state index >= 15 is 0 Å². The first kappa shape index (κ1) is 14.5. The van der Waals surface area contributed by atoms with Crippen LogP contribution in [-0.2, 0) is 4.74 Å². The van der Waals surface area contributed by atoms with Crippen LogP contribution >= 0.6 is 0 Å². The molecule has 1 aromatic rings. The van der Waals surface area contributed by atoms with Gasteiger partial charge in [-0.15, -0.1) is 0 Å². The summed E-state index contributed by atoms with van der Waals surface area (Å²) in [5.74, 6) is -0.0376. The van der Waals surface area contributed by atoms with E-state index < -0.39 is 4.92 Å². The lowest BCUT2D eigenvalue weighted by atomic mass is 10.1. The zero-order valence-electron chi connectivity index (χ0n) is 11.3. The second-order valence-electron chi connectivity index (χ2n) is 4.80. The first-order chi connectivity index (χ1) is 9.58. The molecule has 1 fully saturated rings. The lowest BCUT2D eigenvalue weighted by molar-refractivity contribution is -0.386. The summed E-state index contributed by atoms with van der Waals surface area (Å²) in [5, 5.41) is 11.0. The molecular weight excluding hydrogens is 262 g/mol. The van der Waals surface area contributed by atoms with Gasteiger partial charge in [-0.3, -0.25) is 14.9 Å². The molecule has 6 nitrogen and oxygen atoms in total. The topological polar surface area (TPSA) is 78.7 Å². The Morgan fingerprint density at radius 3 is 2.90 bits per heavy atom. The number of nitrogens with zero attached hydrogens (tertiary/aromatic N) is 1. The summed E-state index contributed by atoms with van der Waals surface area (Å²) in [5.41, 5.74) is 0.117. The fourth-order valence-electron chi connectivity index (χ4n) is 2.12. The summed E-state index contributed by atoms with van der Waals surface area (Å²) in [4.78, 5) is 21.7. The van der Waals surface area contributed by atoms with Crippen molar-refractivity contribution in [2.24, 2.45) is 0 Å². The summed E-state index contributed by atoms with van der Waals surface area (Å²) < 4.78 is 11.0. The third kappa shape index (κ3) is 3.54. The molecule has 1 unspecified atom stereocenters. The van der Waals surface area contributed by atoms with E-state index in [0.717, 1.165) is 19.3 Å². The van der Waals surface area contributed by atoms with Crippen molar-refractivity contribution in [2.75, 3.05) is 13.2 Å². The third-order valence-electron chi connectivity index (χ3n) is 3.26. The minimum absolute atomic E-state index is 0.0177. The average Bonchev–Trinajstić information content (AvgIpc) is 2.45. The van der Waals surface area contributed by atoms with Crippen molar-refractivity contribution < 1.29 is 19.2 Å². The predicted molar refractivity (Wildman–Crippen MR) is 72.2 cm³/mol. The van der Waals surface area contributed by atoms with Crippen molar-refractivity contribution in [3.05, 3.63) is 33.9 Å². The second kappa shape index (κ2) is 6.47. The van der Waals surface area contributed by atoms with E-state index in [1.807, 2.05) is 0 Å². The van der Waals surface area contributed by atoms with Gasteiger partial charge in [-0.2, -0.15) is 0 Å². The molecule has 0 spiro atoms. The van der Waals surface area contributed by atoms with E-state index in [2.05, 4.69) is 0 Å². The van der Waals surface area contributed by atoms with Crippen LogP contribution in [0.4, 0.5) is 5.69 Å². The van der Waals surface area contributed by atoms with Crippen molar-refractivity contribution in [3.8, 4) is 5.75 Å². The highest BCUT2D eigenvalue weighted by atomic mass is 16.6. The van der Waals surface area contributed by atoms with Gasteiger partial charge < -0.3 is 9.47 Å². The zero-order chi connectivity index (χ0) is 14.5. The van der Waals surface area contributed by atoms with Gasteiger partial charge in [0, 0.05) is 18.2 Å². The maximum Gasteiger partial charge on any atom is 0.311 e. The summed E-state index contributed by atoms with van der Waals surface area (Å²) in [6.07, 6.45) is 3.01. The Balaban J connectivity index is 2.09.